The summed E-state index contributed by atoms with van der Waals surface area (Å²) >= 11 is 8.94. The van der Waals surface area contributed by atoms with Gasteiger partial charge in [0.2, 0.25) is 0 Å². The van der Waals surface area contributed by atoms with E-state index in [2.05, 4.69) is 29.1 Å². The normalized spacial score (nSPS) is 11.1. The van der Waals surface area contributed by atoms with Gasteiger partial charge in [-0.2, -0.15) is 0 Å². The Morgan fingerprint density at radius 1 is 1.24 bits per heavy atom. The van der Waals surface area contributed by atoms with Gasteiger partial charge in [-0.15, -0.1) is 22.7 Å². The third kappa shape index (κ3) is 4.26. The van der Waals surface area contributed by atoms with Gasteiger partial charge in [0.25, 0.3) is 5.91 Å². The van der Waals surface area contributed by atoms with E-state index < -0.39 is 0 Å². The number of amides is 1. The van der Waals surface area contributed by atoms with Crippen LogP contribution in [0.25, 0.3) is 10.6 Å². The Bertz CT molecular complexity index is 884. The van der Waals surface area contributed by atoms with Crippen LogP contribution < -0.4 is 5.32 Å². The second-order valence-corrected chi connectivity index (χ2v) is 8.28. The number of nitrogens with zero attached hydrogens (tertiary/aromatic N) is 2. The van der Waals surface area contributed by atoms with E-state index in [9.17, 15) is 4.79 Å². The van der Waals surface area contributed by atoms with Crippen molar-refractivity contribution in [2.24, 2.45) is 0 Å². The van der Waals surface area contributed by atoms with Gasteiger partial charge < -0.3 is 5.32 Å². The molecule has 0 aliphatic carbocycles. The van der Waals surface area contributed by atoms with Crippen LogP contribution in [0.2, 0.25) is 5.02 Å². The molecule has 0 unspecified atom stereocenters. The molecule has 0 saturated heterocycles. The number of aromatic nitrogens is 2. The van der Waals surface area contributed by atoms with E-state index in [1.165, 1.54) is 11.3 Å². The molecule has 3 aromatic rings. The van der Waals surface area contributed by atoms with E-state index in [1.807, 2.05) is 36.6 Å². The molecule has 1 aromatic carbocycles. The summed E-state index contributed by atoms with van der Waals surface area (Å²) < 4.78 is 0. The minimum Gasteiger partial charge on any atom is -0.346 e. The lowest BCUT2D eigenvalue weighted by Gasteiger charge is -2.02. The molecule has 25 heavy (non-hydrogen) atoms. The fourth-order valence-electron chi connectivity index (χ4n) is 2.24. The maximum absolute atomic E-state index is 12.5. The van der Waals surface area contributed by atoms with Crippen molar-refractivity contribution in [2.75, 3.05) is 0 Å². The van der Waals surface area contributed by atoms with Crippen molar-refractivity contribution in [1.82, 2.24) is 15.3 Å². The number of rotatable bonds is 5. The average molecular weight is 392 g/mol. The van der Waals surface area contributed by atoms with Crippen molar-refractivity contribution >= 4 is 40.2 Å². The predicted molar refractivity (Wildman–Crippen MR) is 105 cm³/mol. The average Bonchev–Trinajstić information content (AvgIpc) is 3.20. The lowest BCUT2D eigenvalue weighted by atomic mass is 10.2. The smallest absolute Gasteiger partial charge is 0.263 e. The molecule has 2 aromatic heterocycles. The van der Waals surface area contributed by atoms with Crippen molar-refractivity contribution in [1.29, 1.82) is 0 Å². The lowest BCUT2D eigenvalue weighted by Crippen LogP contribution is -2.22. The molecular weight excluding hydrogens is 374 g/mol. The fourth-order valence-corrected chi connectivity index (χ4v) is 4.19. The molecule has 0 fully saturated rings. The second-order valence-electron chi connectivity index (χ2n) is 5.95. The van der Waals surface area contributed by atoms with Gasteiger partial charge in [-0.3, -0.25) is 4.79 Å². The van der Waals surface area contributed by atoms with Crippen LogP contribution in [0.3, 0.4) is 0 Å². The number of thiazole rings is 2. The highest BCUT2D eigenvalue weighted by Gasteiger charge is 2.16. The molecule has 7 heteroatoms. The van der Waals surface area contributed by atoms with Crippen LogP contribution in [0.4, 0.5) is 0 Å². The van der Waals surface area contributed by atoms with E-state index in [0.717, 1.165) is 27.0 Å². The number of carbonyl (C=O) groups is 1. The van der Waals surface area contributed by atoms with Gasteiger partial charge in [0.1, 0.15) is 9.88 Å². The van der Waals surface area contributed by atoms with Gasteiger partial charge in [0.15, 0.2) is 0 Å². The lowest BCUT2D eigenvalue weighted by molar-refractivity contribution is 0.0953. The first kappa shape index (κ1) is 18.0. The molecule has 0 atom stereocenters. The molecule has 1 amide bonds. The topological polar surface area (TPSA) is 54.9 Å². The van der Waals surface area contributed by atoms with Gasteiger partial charge in [0, 0.05) is 21.9 Å². The third-order valence-corrected chi connectivity index (χ3v) is 6.24. The summed E-state index contributed by atoms with van der Waals surface area (Å²) in [5.41, 5.74) is 2.58. The first-order chi connectivity index (χ1) is 11.9. The summed E-state index contributed by atoms with van der Waals surface area (Å²) in [7, 11) is 0. The Labute approximate surface area is 159 Å². The van der Waals surface area contributed by atoms with Gasteiger partial charge in [-0.05, 0) is 19.1 Å². The Hall–Kier alpha value is -1.76. The zero-order chi connectivity index (χ0) is 18.0. The van der Waals surface area contributed by atoms with Crippen molar-refractivity contribution in [3.63, 3.8) is 0 Å². The molecule has 1 N–H and O–H groups in total. The first-order valence-corrected chi connectivity index (χ1v) is 9.97. The third-order valence-electron chi connectivity index (χ3n) is 3.59. The predicted octanol–water partition coefficient (Wildman–Crippen LogP) is 5.28. The summed E-state index contributed by atoms with van der Waals surface area (Å²) in [6.07, 6.45) is 0. The molecule has 130 valence electrons. The fraction of sp³-hybridized carbons (Fsp3) is 0.278. The van der Waals surface area contributed by atoms with E-state index >= 15 is 0 Å². The molecule has 0 radical (unpaired) electrons. The van der Waals surface area contributed by atoms with Gasteiger partial charge >= 0.3 is 0 Å². The number of aryl methyl sites for hydroxylation is 1. The summed E-state index contributed by atoms with van der Waals surface area (Å²) in [6.45, 7) is 6.50. The molecule has 0 bridgehead atoms. The zero-order valence-corrected chi connectivity index (χ0v) is 16.6. The molecule has 4 nitrogen and oxygen atoms in total. The van der Waals surface area contributed by atoms with Crippen molar-refractivity contribution < 1.29 is 4.79 Å². The standard InChI is InChI=1S/C18H18ClN3OS2/c1-10(2)17-22-14(9-24-17)8-20-16(23)15-11(3)21-18(25-15)12-4-6-13(19)7-5-12/h4-7,9-10H,8H2,1-3H3,(H,20,23). The second kappa shape index (κ2) is 7.64. The van der Waals surface area contributed by atoms with E-state index in [0.29, 0.717) is 22.4 Å². The number of hydrogen-bond acceptors (Lipinski definition) is 5. The molecule has 0 spiro atoms. The SMILES string of the molecule is Cc1nc(-c2ccc(Cl)cc2)sc1C(=O)NCc1csc(C(C)C)n1. The number of benzene rings is 1. The van der Waals surface area contributed by atoms with Crippen molar-refractivity contribution in [2.45, 2.75) is 33.2 Å². The highest BCUT2D eigenvalue weighted by atomic mass is 35.5. The molecule has 0 aliphatic rings. The van der Waals surface area contributed by atoms with Crippen LogP contribution in [-0.4, -0.2) is 15.9 Å². The number of nitrogens with one attached hydrogen (secondary N) is 1. The van der Waals surface area contributed by atoms with Crippen molar-refractivity contribution in [3.05, 3.63) is 55.9 Å². The monoisotopic (exact) mass is 391 g/mol. The number of halogens is 1. The van der Waals surface area contributed by atoms with Crippen LogP contribution in [0, 0.1) is 6.92 Å². The summed E-state index contributed by atoms with van der Waals surface area (Å²) in [5.74, 6) is 0.287. The Kier molecular flexibility index (Phi) is 5.51. The number of carbonyl (C=O) groups excluding carboxylic acids is 1. The van der Waals surface area contributed by atoms with Crippen LogP contribution in [-0.2, 0) is 6.54 Å². The van der Waals surface area contributed by atoms with Gasteiger partial charge in [-0.1, -0.05) is 37.6 Å². The molecule has 0 saturated carbocycles. The van der Waals surface area contributed by atoms with Crippen LogP contribution in [0.1, 0.15) is 45.8 Å². The van der Waals surface area contributed by atoms with Crippen LogP contribution in [0.5, 0.6) is 0 Å². The van der Waals surface area contributed by atoms with E-state index in [4.69, 9.17) is 11.6 Å². The van der Waals surface area contributed by atoms with Crippen LogP contribution >= 0.6 is 34.3 Å². The summed E-state index contributed by atoms with van der Waals surface area (Å²) in [5, 5.41) is 7.51. The highest BCUT2D eigenvalue weighted by molar-refractivity contribution is 7.17. The van der Waals surface area contributed by atoms with E-state index in [-0.39, 0.29) is 5.91 Å². The van der Waals surface area contributed by atoms with Crippen molar-refractivity contribution in [3.8, 4) is 10.6 Å². The summed E-state index contributed by atoms with van der Waals surface area (Å²) in [4.78, 5) is 22.2. The van der Waals surface area contributed by atoms with Gasteiger partial charge in [-0.25, -0.2) is 9.97 Å². The largest absolute Gasteiger partial charge is 0.346 e. The Balaban J connectivity index is 1.70. The Morgan fingerprint density at radius 2 is 1.96 bits per heavy atom. The van der Waals surface area contributed by atoms with Gasteiger partial charge in [0.05, 0.1) is 22.9 Å². The minimum absolute atomic E-state index is 0.116. The quantitative estimate of drug-likeness (QED) is 0.643. The highest BCUT2D eigenvalue weighted by Crippen LogP contribution is 2.29. The molecule has 0 aliphatic heterocycles. The first-order valence-electron chi connectivity index (χ1n) is 7.90. The maximum atomic E-state index is 12.5. The number of hydrogen-bond donors (Lipinski definition) is 1. The summed E-state index contributed by atoms with van der Waals surface area (Å²) in [6, 6.07) is 7.46. The Morgan fingerprint density at radius 3 is 2.60 bits per heavy atom. The minimum atomic E-state index is -0.116. The van der Waals surface area contributed by atoms with E-state index in [1.54, 1.807) is 11.3 Å². The zero-order valence-electron chi connectivity index (χ0n) is 14.2. The maximum Gasteiger partial charge on any atom is 0.263 e. The van der Waals surface area contributed by atoms with Crippen LogP contribution in [0.15, 0.2) is 29.6 Å². The molecule has 3 rings (SSSR count). The molecular formula is C18H18ClN3OS2. The molecule has 2 heterocycles.